The number of aromatic nitrogens is 1. The van der Waals surface area contributed by atoms with Crippen molar-refractivity contribution in [3.63, 3.8) is 0 Å². The van der Waals surface area contributed by atoms with Gasteiger partial charge in [-0.3, -0.25) is 14.5 Å². The quantitative estimate of drug-likeness (QED) is 0.320. The van der Waals surface area contributed by atoms with Crippen molar-refractivity contribution >= 4 is 29.0 Å². The number of para-hydroxylation sites is 1. The number of carbonyl (C=O) groups excluding carboxylic acids is 2. The van der Waals surface area contributed by atoms with Gasteiger partial charge in [0.15, 0.2) is 0 Å². The smallest absolute Gasteiger partial charge is 0.384 e. The standard InChI is InChI=1S/C20H20F4N4O2.C11H14O/c1-11-9-12(20(22,23)24)10-16(26-11)28-15(7-8-17(28)29)19(30)27(3)14-6-4-5-13(21)18(14)25-2;1-2-5-10(6-3-1)9-12-11-7-4-8-11/h4-6,9-10,15,25H,7-8H2,1-3H3;1-3,5-6,11H,4,7-9H2. The number of benzene rings is 2. The molecule has 1 atom stereocenters. The first-order valence-corrected chi connectivity index (χ1v) is 13.8. The van der Waals surface area contributed by atoms with Gasteiger partial charge in [0.1, 0.15) is 17.7 Å². The Hall–Kier alpha value is -3.99. The van der Waals surface area contributed by atoms with Gasteiger partial charge in [-0.1, -0.05) is 36.4 Å². The van der Waals surface area contributed by atoms with Crippen LogP contribution in [0.25, 0.3) is 0 Å². The third-order valence-electron chi connectivity index (χ3n) is 7.33. The van der Waals surface area contributed by atoms with Crippen LogP contribution in [0.15, 0.2) is 60.7 Å². The SMILES string of the molecule is CNc1c(F)cccc1N(C)C(=O)C1CCC(=O)N1c1cc(C(F)(F)F)cc(C)n1.c1ccc(COC2CCC2)cc1. The van der Waals surface area contributed by atoms with Crippen molar-refractivity contribution in [2.75, 3.05) is 29.2 Å². The highest BCUT2D eigenvalue weighted by molar-refractivity contribution is 6.08. The second-order valence-electron chi connectivity index (χ2n) is 10.3. The van der Waals surface area contributed by atoms with Crippen LogP contribution in [0.2, 0.25) is 0 Å². The maximum absolute atomic E-state index is 14.1. The molecule has 2 aliphatic rings. The fourth-order valence-electron chi connectivity index (χ4n) is 4.85. The average molecular weight is 587 g/mol. The van der Waals surface area contributed by atoms with E-state index in [0.717, 1.165) is 23.6 Å². The summed E-state index contributed by atoms with van der Waals surface area (Å²) in [5.41, 5.74) is 0.741. The molecule has 2 aromatic carbocycles. The van der Waals surface area contributed by atoms with Crippen molar-refractivity contribution in [2.24, 2.45) is 0 Å². The lowest BCUT2D eigenvalue weighted by atomic mass is 9.96. The molecule has 1 saturated carbocycles. The molecule has 5 rings (SSSR count). The number of pyridine rings is 1. The van der Waals surface area contributed by atoms with Gasteiger partial charge in [-0.05, 0) is 62.4 Å². The highest BCUT2D eigenvalue weighted by Gasteiger charge is 2.41. The summed E-state index contributed by atoms with van der Waals surface area (Å²) in [5, 5.41) is 2.69. The molecule has 7 nitrogen and oxygen atoms in total. The fourth-order valence-corrected chi connectivity index (χ4v) is 4.85. The molecule has 42 heavy (non-hydrogen) atoms. The zero-order valence-electron chi connectivity index (χ0n) is 23.7. The van der Waals surface area contributed by atoms with Gasteiger partial charge in [0, 0.05) is 26.2 Å². The molecule has 0 spiro atoms. The number of anilines is 3. The van der Waals surface area contributed by atoms with E-state index in [-0.39, 0.29) is 35.7 Å². The largest absolute Gasteiger partial charge is 0.416 e. The number of rotatable bonds is 7. The monoisotopic (exact) mass is 586 g/mol. The molecule has 2 heterocycles. The minimum Gasteiger partial charge on any atom is -0.384 e. The van der Waals surface area contributed by atoms with E-state index >= 15 is 0 Å². The molecule has 11 heteroatoms. The number of nitrogens with zero attached hydrogens (tertiary/aromatic N) is 3. The average Bonchev–Trinajstić information content (AvgIpc) is 3.32. The number of likely N-dealkylation sites (N-methyl/N-ethyl adjacent to an activating group) is 1. The first-order chi connectivity index (χ1) is 20.0. The third kappa shape index (κ3) is 7.25. The van der Waals surface area contributed by atoms with Gasteiger partial charge in [0.05, 0.1) is 29.6 Å². The molecule has 2 amide bonds. The van der Waals surface area contributed by atoms with Crippen LogP contribution in [-0.4, -0.2) is 43.0 Å². The third-order valence-corrected chi connectivity index (χ3v) is 7.33. The van der Waals surface area contributed by atoms with Gasteiger partial charge in [-0.2, -0.15) is 13.2 Å². The number of halogens is 4. The Balaban J connectivity index is 0.000000279. The van der Waals surface area contributed by atoms with E-state index < -0.39 is 35.4 Å². The lowest BCUT2D eigenvalue weighted by Crippen LogP contribution is -2.46. The summed E-state index contributed by atoms with van der Waals surface area (Å²) in [7, 11) is 2.92. The molecule has 1 saturated heterocycles. The molecule has 224 valence electrons. The molecule has 1 N–H and O–H groups in total. The number of aryl methyl sites for hydroxylation is 1. The summed E-state index contributed by atoms with van der Waals surface area (Å²) < 4.78 is 59.4. The first-order valence-electron chi connectivity index (χ1n) is 13.8. The molecule has 0 bridgehead atoms. The van der Waals surface area contributed by atoms with Crippen molar-refractivity contribution in [1.29, 1.82) is 0 Å². The fraction of sp³-hybridized carbons (Fsp3) is 0.387. The van der Waals surface area contributed by atoms with E-state index in [0.29, 0.717) is 6.10 Å². The van der Waals surface area contributed by atoms with Gasteiger partial charge >= 0.3 is 6.18 Å². The number of hydrogen-bond acceptors (Lipinski definition) is 5. The van der Waals surface area contributed by atoms with Crippen LogP contribution in [0.5, 0.6) is 0 Å². The Morgan fingerprint density at radius 2 is 1.81 bits per heavy atom. The summed E-state index contributed by atoms with van der Waals surface area (Å²) in [6, 6.07) is 15.1. The number of nitrogens with one attached hydrogen (secondary N) is 1. The predicted octanol–water partition coefficient (Wildman–Crippen LogP) is 6.50. The van der Waals surface area contributed by atoms with Crippen LogP contribution < -0.4 is 15.1 Å². The molecule has 3 aromatic rings. The van der Waals surface area contributed by atoms with E-state index in [2.05, 4.69) is 34.6 Å². The highest BCUT2D eigenvalue weighted by atomic mass is 19.4. The number of hydrogen-bond donors (Lipinski definition) is 1. The molecule has 2 fully saturated rings. The number of alkyl halides is 3. The van der Waals surface area contributed by atoms with E-state index in [4.69, 9.17) is 4.74 Å². The summed E-state index contributed by atoms with van der Waals surface area (Å²) in [6.07, 6.45) is -0.110. The zero-order chi connectivity index (χ0) is 30.4. The van der Waals surface area contributed by atoms with Crippen molar-refractivity contribution in [3.05, 3.63) is 83.3 Å². The minimum absolute atomic E-state index is 0.0107. The lowest BCUT2D eigenvalue weighted by molar-refractivity contribution is -0.137. The summed E-state index contributed by atoms with van der Waals surface area (Å²) >= 11 is 0. The summed E-state index contributed by atoms with van der Waals surface area (Å²) in [6.45, 7) is 2.17. The van der Waals surface area contributed by atoms with E-state index in [1.54, 1.807) is 0 Å². The van der Waals surface area contributed by atoms with Crippen LogP contribution in [0.4, 0.5) is 34.8 Å². The van der Waals surface area contributed by atoms with Gasteiger partial charge in [-0.25, -0.2) is 9.37 Å². The van der Waals surface area contributed by atoms with Crippen molar-refractivity contribution in [2.45, 2.75) is 64.0 Å². The summed E-state index contributed by atoms with van der Waals surface area (Å²) in [4.78, 5) is 31.9. The van der Waals surface area contributed by atoms with Crippen molar-refractivity contribution < 1.29 is 31.9 Å². The molecule has 1 unspecified atom stereocenters. The Labute approximate surface area is 242 Å². The second kappa shape index (κ2) is 13.3. The van der Waals surface area contributed by atoms with Crippen LogP contribution in [0.1, 0.15) is 48.9 Å². The van der Waals surface area contributed by atoms with Crippen molar-refractivity contribution in [3.8, 4) is 0 Å². The Morgan fingerprint density at radius 1 is 1.10 bits per heavy atom. The number of carbonyl (C=O) groups is 2. The van der Waals surface area contributed by atoms with Crippen LogP contribution in [0, 0.1) is 12.7 Å². The molecular formula is C31H34F4N4O3. The van der Waals surface area contributed by atoms with Gasteiger partial charge in [-0.15, -0.1) is 0 Å². The van der Waals surface area contributed by atoms with Gasteiger partial charge in [0.2, 0.25) is 11.8 Å². The predicted molar refractivity (Wildman–Crippen MR) is 153 cm³/mol. The van der Waals surface area contributed by atoms with E-state index in [1.807, 2.05) is 6.07 Å². The Bertz CT molecular complexity index is 1400. The maximum Gasteiger partial charge on any atom is 0.416 e. The van der Waals surface area contributed by atoms with Gasteiger partial charge < -0.3 is 15.0 Å². The second-order valence-corrected chi connectivity index (χ2v) is 10.3. The molecular weight excluding hydrogens is 552 g/mol. The molecule has 1 aliphatic carbocycles. The summed E-state index contributed by atoms with van der Waals surface area (Å²) in [5.74, 6) is -1.85. The molecule has 1 aliphatic heterocycles. The lowest BCUT2D eigenvalue weighted by Gasteiger charge is -2.29. The molecule has 1 aromatic heterocycles. The number of ether oxygens (including phenoxy) is 1. The van der Waals surface area contributed by atoms with Crippen molar-refractivity contribution in [1.82, 2.24) is 4.98 Å². The molecule has 0 radical (unpaired) electrons. The minimum atomic E-state index is -4.62. The Kier molecular flexibility index (Phi) is 9.82. The highest BCUT2D eigenvalue weighted by Crippen LogP contribution is 2.35. The van der Waals surface area contributed by atoms with Gasteiger partial charge in [0.25, 0.3) is 0 Å². The van der Waals surface area contributed by atoms with E-state index in [9.17, 15) is 27.2 Å². The topological polar surface area (TPSA) is 74.8 Å². The van der Waals surface area contributed by atoms with E-state index in [1.165, 1.54) is 68.9 Å². The first kappa shape index (κ1) is 31.0. The van der Waals surface area contributed by atoms with Crippen LogP contribution in [0.3, 0.4) is 0 Å². The number of amides is 2. The normalized spacial score (nSPS) is 16.9. The zero-order valence-corrected chi connectivity index (χ0v) is 23.7. The Morgan fingerprint density at radius 3 is 2.43 bits per heavy atom. The van der Waals surface area contributed by atoms with Crippen LogP contribution in [-0.2, 0) is 27.1 Å². The van der Waals surface area contributed by atoms with Crippen LogP contribution >= 0.6 is 0 Å². The maximum atomic E-state index is 14.1.